The van der Waals surface area contributed by atoms with Crippen molar-refractivity contribution in [1.82, 2.24) is 4.57 Å². The van der Waals surface area contributed by atoms with Crippen LogP contribution in [-0.4, -0.2) is 29.4 Å². The molecule has 0 fully saturated rings. The number of imidazole rings is 1. The van der Waals surface area contributed by atoms with E-state index in [4.69, 9.17) is 11.6 Å². The van der Waals surface area contributed by atoms with Gasteiger partial charge in [0.25, 0.3) is 0 Å². The van der Waals surface area contributed by atoms with E-state index in [1.54, 1.807) is 6.92 Å². The molecule has 0 aliphatic heterocycles. The molecule has 2 aromatic rings. The lowest BCUT2D eigenvalue weighted by Gasteiger charge is -2.26. The first-order valence-electron chi connectivity index (χ1n) is 9.02. The molecular weight excluding hydrogens is 415 g/mol. The number of aromatic nitrogens is 2. The van der Waals surface area contributed by atoms with Crippen LogP contribution in [0.15, 0.2) is 41.8 Å². The zero-order valence-corrected chi connectivity index (χ0v) is 20.5. The zero-order chi connectivity index (χ0) is 21.9. The Morgan fingerprint density at radius 2 is 1.75 bits per heavy atom. The van der Waals surface area contributed by atoms with Gasteiger partial charge in [0.05, 0.1) is 9.92 Å². The average molecular weight is 447 g/mol. The van der Waals surface area contributed by atoms with Crippen LogP contribution in [0.4, 0.5) is 0 Å². The van der Waals surface area contributed by atoms with Crippen LogP contribution in [-0.2, 0) is 21.9 Å². The minimum atomic E-state index is -4.43. The molecule has 0 N–H and O–H groups in total. The minimum Gasteiger partial charge on any atom is -0.744 e. The second kappa shape index (κ2) is 9.25. The van der Waals surface area contributed by atoms with E-state index in [0.29, 0.717) is 5.16 Å². The van der Waals surface area contributed by atoms with Crippen LogP contribution in [0.1, 0.15) is 47.1 Å². The molecule has 1 atom stereocenters. The second-order valence-electron chi connectivity index (χ2n) is 8.90. The lowest BCUT2D eigenvalue weighted by atomic mass is 10.1. The molecule has 1 heterocycles. The number of benzene rings is 1. The summed E-state index contributed by atoms with van der Waals surface area (Å²) in [5, 5.41) is 0.414. The molecule has 158 valence electrons. The summed E-state index contributed by atoms with van der Waals surface area (Å²) < 4.78 is 36.2. The molecule has 1 aromatic heterocycles. The summed E-state index contributed by atoms with van der Waals surface area (Å²) in [6.07, 6.45) is 7.74. The standard InChI is InChI=1S/C13H26N2P.C7H7ClO3S/c1-12(2,3)15-9-8-14(10-15)11-16(7)13(4,5)6;1-5-2-3-7(6(8)4-5)12(9,10)11/h8-10H,11H2,1-7H3;2-4H,1H3,(H,9,10,11)/q+1;/p-1. The predicted octanol–water partition coefficient (Wildman–Crippen LogP) is 4.95. The van der Waals surface area contributed by atoms with Crippen LogP contribution >= 0.6 is 19.5 Å². The fourth-order valence-corrected chi connectivity index (χ4v) is 4.27. The van der Waals surface area contributed by atoms with Gasteiger partial charge in [0.1, 0.15) is 34.3 Å². The van der Waals surface area contributed by atoms with Crippen molar-refractivity contribution in [2.24, 2.45) is 0 Å². The molecule has 5 nitrogen and oxygen atoms in total. The number of aryl methyl sites for hydroxylation is 1. The Labute approximate surface area is 176 Å². The van der Waals surface area contributed by atoms with Gasteiger partial charge >= 0.3 is 0 Å². The Kier molecular flexibility index (Phi) is 8.29. The van der Waals surface area contributed by atoms with Gasteiger partial charge in [-0.2, -0.15) is 0 Å². The molecule has 8 heteroatoms. The van der Waals surface area contributed by atoms with Crippen molar-refractivity contribution in [3.8, 4) is 0 Å². The molecule has 0 aliphatic rings. The normalized spacial score (nSPS) is 13.6. The van der Waals surface area contributed by atoms with E-state index in [9.17, 15) is 13.0 Å². The van der Waals surface area contributed by atoms with Crippen molar-refractivity contribution < 1.29 is 17.5 Å². The van der Waals surface area contributed by atoms with Gasteiger partial charge in [-0.25, -0.2) is 17.6 Å². The molecule has 0 amide bonds. The Bertz CT molecular complexity index is 897. The maximum absolute atomic E-state index is 10.5. The van der Waals surface area contributed by atoms with Crippen molar-refractivity contribution in [3.05, 3.63) is 47.5 Å². The SMILES string of the molecule is CP(C[n+]1ccn(C(C)(C)C)c1)C(C)(C)C.Cc1ccc(S(=O)(=O)[O-])c(Cl)c1. The summed E-state index contributed by atoms with van der Waals surface area (Å²) in [4.78, 5) is -0.366. The first-order chi connectivity index (χ1) is 12.5. The van der Waals surface area contributed by atoms with Gasteiger partial charge in [0, 0.05) is 0 Å². The van der Waals surface area contributed by atoms with Gasteiger partial charge in [-0.15, -0.1) is 0 Å². The molecule has 0 radical (unpaired) electrons. The van der Waals surface area contributed by atoms with Gasteiger partial charge in [-0.3, -0.25) is 0 Å². The van der Waals surface area contributed by atoms with Crippen molar-refractivity contribution in [3.63, 3.8) is 0 Å². The Morgan fingerprint density at radius 1 is 1.18 bits per heavy atom. The van der Waals surface area contributed by atoms with Crippen molar-refractivity contribution in [1.29, 1.82) is 0 Å². The molecule has 1 unspecified atom stereocenters. The fraction of sp³-hybridized carbons (Fsp3) is 0.550. The van der Waals surface area contributed by atoms with Crippen LogP contribution in [0.25, 0.3) is 0 Å². The van der Waals surface area contributed by atoms with Gasteiger partial charge in [-0.1, -0.05) is 46.4 Å². The second-order valence-corrected chi connectivity index (χ2v) is 13.7. The first kappa shape index (κ1) is 25.1. The first-order valence-corrected chi connectivity index (χ1v) is 12.8. The Balaban J connectivity index is 0.000000292. The number of hydrogen-bond donors (Lipinski definition) is 0. The van der Waals surface area contributed by atoms with Gasteiger partial charge < -0.3 is 4.55 Å². The molecule has 0 spiro atoms. The van der Waals surface area contributed by atoms with Crippen LogP contribution < -0.4 is 4.57 Å². The highest BCUT2D eigenvalue weighted by Crippen LogP contribution is 2.45. The van der Waals surface area contributed by atoms with Crippen molar-refractivity contribution in [2.45, 2.75) is 70.3 Å². The van der Waals surface area contributed by atoms with Gasteiger partial charge in [-0.05, 0) is 57.2 Å². The number of nitrogens with zero attached hydrogens (tertiary/aromatic N) is 2. The van der Waals surface area contributed by atoms with E-state index in [0.717, 1.165) is 11.8 Å². The third kappa shape index (κ3) is 7.82. The van der Waals surface area contributed by atoms with E-state index in [2.05, 4.69) is 76.1 Å². The monoisotopic (exact) mass is 446 g/mol. The third-order valence-corrected chi connectivity index (χ3v) is 8.70. The van der Waals surface area contributed by atoms with E-state index < -0.39 is 10.1 Å². The smallest absolute Gasteiger partial charge is 0.244 e. The molecule has 0 saturated carbocycles. The summed E-state index contributed by atoms with van der Waals surface area (Å²) in [7, 11) is -4.40. The lowest BCUT2D eigenvalue weighted by Crippen LogP contribution is -2.34. The van der Waals surface area contributed by atoms with Crippen molar-refractivity contribution in [2.75, 3.05) is 6.66 Å². The maximum atomic E-state index is 10.5. The highest BCUT2D eigenvalue weighted by molar-refractivity contribution is 7.85. The topological polar surface area (TPSA) is 66.0 Å². The third-order valence-electron chi connectivity index (χ3n) is 4.34. The van der Waals surface area contributed by atoms with Crippen LogP contribution in [0, 0.1) is 6.92 Å². The zero-order valence-electron chi connectivity index (χ0n) is 18.0. The largest absolute Gasteiger partial charge is 0.744 e. The quantitative estimate of drug-likeness (QED) is 0.380. The summed E-state index contributed by atoms with van der Waals surface area (Å²) in [5.41, 5.74) is 0.996. The summed E-state index contributed by atoms with van der Waals surface area (Å²) >= 11 is 5.53. The van der Waals surface area contributed by atoms with E-state index in [1.807, 2.05) is 0 Å². The number of halogens is 1. The highest BCUT2D eigenvalue weighted by Gasteiger charge is 2.24. The minimum absolute atomic E-state index is 0.0231. The van der Waals surface area contributed by atoms with Crippen LogP contribution in [0.3, 0.4) is 0 Å². The van der Waals surface area contributed by atoms with Crippen molar-refractivity contribution >= 4 is 29.6 Å². The van der Waals surface area contributed by atoms with E-state index in [1.165, 1.54) is 18.2 Å². The summed E-state index contributed by atoms with van der Waals surface area (Å²) in [5.74, 6) is 0. The molecule has 1 aromatic carbocycles. The molecule has 0 saturated heterocycles. The number of rotatable bonds is 3. The number of hydrogen-bond acceptors (Lipinski definition) is 3. The summed E-state index contributed by atoms with van der Waals surface area (Å²) in [6.45, 7) is 17.8. The molecule has 0 bridgehead atoms. The van der Waals surface area contributed by atoms with Gasteiger partial charge in [0.15, 0.2) is 0 Å². The Morgan fingerprint density at radius 3 is 2.14 bits per heavy atom. The van der Waals surface area contributed by atoms with E-state index in [-0.39, 0.29) is 23.4 Å². The predicted molar refractivity (Wildman–Crippen MR) is 116 cm³/mol. The lowest BCUT2D eigenvalue weighted by molar-refractivity contribution is -0.677. The van der Waals surface area contributed by atoms with Gasteiger partial charge in [0.2, 0.25) is 6.33 Å². The molecular formula is C20H32ClN2O3PS. The average Bonchev–Trinajstić information content (AvgIpc) is 2.94. The fourth-order valence-electron chi connectivity index (χ4n) is 2.14. The Hall–Kier alpha value is -0.940. The van der Waals surface area contributed by atoms with E-state index >= 15 is 0 Å². The molecule has 0 aliphatic carbocycles. The maximum Gasteiger partial charge on any atom is 0.244 e. The summed E-state index contributed by atoms with van der Waals surface area (Å²) in [6, 6.07) is 4.17. The van der Waals surface area contributed by atoms with Crippen LogP contribution in [0.5, 0.6) is 0 Å². The highest BCUT2D eigenvalue weighted by atomic mass is 35.5. The van der Waals surface area contributed by atoms with Crippen LogP contribution in [0.2, 0.25) is 5.02 Å². The molecule has 28 heavy (non-hydrogen) atoms. The molecule has 2 rings (SSSR count).